The van der Waals surface area contributed by atoms with Gasteiger partial charge in [-0.3, -0.25) is 10.1 Å². The monoisotopic (exact) mass is 273 g/mol. The summed E-state index contributed by atoms with van der Waals surface area (Å²) in [5, 5.41) is 10.0. The molecule has 1 amide bonds. The van der Waals surface area contributed by atoms with Gasteiger partial charge in [0.2, 0.25) is 5.76 Å². The summed E-state index contributed by atoms with van der Waals surface area (Å²) >= 11 is 0. The molecule has 20 heavy (non-hydrogen) atoms. The second-order valence-corrected chi connectivity index (χ2v) is 3.93. The second-order valence-electron chi connectivity index (χ2n) is 3.93. The van der Waals surface area contributed by atoms with Crippen LogP contribution in [0.15, 0.2) is 41.0 Å². The number of nitrogens with one attached hydrogen (secondary N) is 1. The summed E-state index contributed by atoms with van der Waals surface area (Å²) in [6.07, 6.45) is 1.40. The molecule has 1 N–H and O–H groups in total. The average Bonchev–Trinajstić information content (AvgIpc) is 2.97. The molecule has 0 unspecified atom stereocenters. The van der Waals surface area contributed by atoms with Gasteiger partial charge in [0.15, 0.2) is 0 Å². The van der Waals surface area contributed by atoms with Crippen LogP contribution in [0.4, 0.5) is 6.01 Å². The van der Waals surface area contributed by atoms with Crippen molar-refractivity contribution in [1.82, 2.24) is 10.2 Å². The Morgan fingerprint density at radius 2 is 2.00 bits per heavy atom. The topological polar surface area (TPSA) is 86.5 Å². The zero-order chi connectivity index (χ0) is 13.8. The van der Waals surface area contributed by atoms with Crippen molar-refractivity contribution in [3.63, 3.8) is 0 Å². The highest BCUT2D eigenvalue weighted by Crippen LogP contribution is 2.19. The number of carbonyl (C=O) groups is 1. The molecule has 2 aromatic rings. The molecule has 7 heteroatoms. The predicted molar refractivity (Wildman–Crippen MR) is 68.6 cm³/mol. The highest BCUT2D eigenvalue weighted by atomic mass is 16.6. The van der Waals surface area contributed by atoms with E-state index in [0.29, 0.717) is 24.5 Å². The molecule has 7 nitrogen and oxygen atoms in total. The SMILES string of the molecule is O=C(Nc1nnc(C2=COCCO2)o1)c1ccccc1. The van der Waals surface area contributed by atoms with Crippen LogP contribution in [0.1, 0.15) is 16.2 Å². The molecule has 2 heterocycles. The Hall–Kier alpha value is -2.83. The van der Waals surface area contributed by atoms with Crippen molar-refractivity contribution in [2.24, 2.45) is 0 Å². The first-order valence-electron chi connectivity index (χ1n) is 5.98. The van der Waals surface area contributed by atoms with Crippen molar-refractivity contribution in [3.8, 4) is 0 Å². The third-order valence-electron chi connectivity index (χ3n) is 2.54. The molecular formula is C13H11N3O4. The number of benzene rings is 1. The highest BCUT2D eigenvalue weighted by molar-refractivity contribution is 6.03. The van der Waals surface area contributed by atoms with Gasteiger partial charge < -0.3 is 13.9 Å². The molecule has 1 aromatic carbocycles. The Labute approximate surface area is 114 Å². The van der Waals surface area contributed by atoms with Gasteiger partial charge in [-0.05, 0) is 12.1 Å². The molecule has 0 aliphatic carbocycles. The molecule has 0 bridgehead atoms. The van der Waals surface area contributed by atoms with E-state index < -0.39 is 0 Å². The molecule has 0 radical (unpaired) electrons. The molecule has 102 valence electrons. The summed E-state index contributed by atoms with van der Waals surface area (Å²) in [5.74, 6) is 0.188. The maximum absolute atomic E-state index is 11.9. The van der Waals surface area contributed by atoms with E-state index in [1.54, 1.807) is 24.3 Å². The molecule has 0 spiro atoms. The lowest BCUT2D eigenvalue weighted by molar-refractivity contribution is 0.102. The lowest BCUT2D eigenvalue weighted by Crippen LogP contribution is -2.11. The largest absolute Gasteiger partial charge is 0.494 e. The van der Waals surface area contributed by atoms with Crippen molar-refractivity contribution in [1.29, 1.82) is 0 Å². The zero-order valence-electron chi connectivity index (χ0n) is 10.4. The number of nitrogens with zero attached hydrogens (tertiary/aromatic N) is 2. The molecule has 3 rings (SSSR count). The molecular weight excluding hydrogens is 262 g/mol. The Bertz CT molecular complexity index is 636. The number of ether oxygens (including phenoxy) is 2. The van der Waals surface area contributed by atoms with Crippen LogP contribution in [-0.4, -0.2) is 29.3 Å². The fourth-order valence-electron chi connectivity index (χ4n) is 1.61. The van der Waals surface area contributed by atoms with Gasteiger partial charge >= 0.3 is 6.01 Å². The van der Waals surface area contributed by atoms with E-state index in [1.165, 1.54) is 6.26 Å². The predicted octanol–water partition coefficient (Wildman–Crippen LogP) is 1.67. The molecule has 0 saturated heterocycles. The van der Waals surface area contributed by atoms with E-state index >= 15 is 0 Å². The fourth-order valence-corrected chi connectivity index (χ4v) is 1.61. The molecule has 1 aliphatic rings. The number of aromatic nitrogens is 2. The Morgan fingerprint density at radius 3 is 2.75 bits per heavy atom. The summed E-state index contributed by atoms with van der Waals surface area (Å²) in [7, 11) is 0. The van der Waals surface area contributed by atoms with E-state index in [0.717, 1.165) is 0 Å². The smallest absolute Gasteiger partial charge is 0.322 e. The van der Waals surface area contributed by atoms with E-state index in [4.69, 9.17) is 13.9 Å². The van der Waals surface area contributed by atoms with Crippen LogP contribution in [0.25, 0.3) is 5.76 Å². The third kappa shape index (κ3) is 2.61. The summed E-state index contributed by atoms with van der Waals surface area (Å²) in [6.45, 7) is 0.898. The standard InChI is InChI=1S/C13H11N3O4/c17-11(9-4-2-1-3-5-9)14-13-16-15-12(20-13)10-8-18-6-7-19-10/h1-5,8H,6-7H2,(H,14,16,17). The minimum atomic E-state index is -0.324. The van der Waals surface area contributed by atoms with Crippen molar-refractivity contribution >= 4 is 17.7 Å². The van der Waals surface area contributed by atoms with Crippen molar-refractivity contribution in [2.75, 3.05) is 18.5 Å². The van der Waals surface area contributed by atoms with Crippen LogP contribution in [0.3, 0.4) is 0 Å². The van der Waals surface area contributed by atoms with Gasteiger partial charge in [0.1, 0.15) is 19.5 Å². The van der Waals surface area contributed by atoms with Crippen molar-refractivity contribution in [2.45, 2.75) is 0 Å². The van der Waals surface area contributed by atoms with Gasteiger partial charge in [-0.2, -0.15) is 0 Å². The minimum absolute atomic E-state index is 0.00364. The van der Waals surface area contributed by atoms with Crippen LogP contribution >= 0.6 is 0 Å². The Kier molecular flexibility index (Phi) is 3.32. The number of anilines is 1. The normalized spacial score (nSPS) is 13.9. The van der Waals surface area contributed by atoms with Gasteiger partial charge in [-0.15, -0.1) is 5.10 Å². The highest BCUT2D eigenvalue weighted by Gasteiger charge is 2.17. The van der Waals surface area contributed by atoms with Crippen molar-refractivity contribution in [3.05, 3.63) is 48.0 Å². The van der Waals surface area contributed by atoms with Crippen LogP contribution < -0.4 is 5.32 Å². The summed E-state index contributed by atoms with van der Waals surface area (Å²) in [4.78, 5) is 11.9. The minimum Gasteiger partial charge on any atom is -0.494 e. The van der Waals surface area contributed by atoms with Gasteiger partial charge in [-0.25, -0.2) is 0 Å². The van der Waals surface area contributed by atoms with E-state index in [2.05, 4.69) is 15.5 Å². The molecule has 0 atom stereocenters. The molecule has 0 saturated carbocycles. The number of rotatable bonds is 3. The van der Waals surface area contributed by atoms with Crippen LogP contribution in [-0.2, 0) is 9.47 Å². The summed E-state index contributed by atoms with van der Waals surface area (Å²) in [5.41, 5.74) is 0.503. The van der Waals surface area contributed by atoms with Gasteiger partial charge in [0.25, 0.3) is 11.8 Å². The number of amides is 1. The quantitative estimate of drug-likeness (QED) is 0.915. The van der Waals surface area contributed by atoms with E-state index in [9.17, 15) is 4.79 Å². The maximum Gasteiger partial charge on any atom is 0.322 e. The first-order valence-corrected chi connectivity index (χ1v) is 5.98. The average molecular weight is 273 g/mol. The number of hydrogen-bond acceptors (Lipinski definition) is 6. The Morgan fingerprint density at radius 1 is 1.15 bits per heavy atom. The lowest BCUT2D eigenvalue weighted by atomic mass is 10.2. The van der Waals surface area contributed by atoms with Gasteiger partial charge in [0.05, 0.1) is 0 Å². The van der Waals surface area contributed by atoms with Gasteiger partial charge in [-0.1, -0.05) is 23.3 Å². The first-order chi connectivity index (χ1) is 9.83. The van der Waals surface area contributed by atoms with Crippen LogP contribution in [0.5, 0.6) is 0 Å². The van der Waals surface area contributed by atoms with Crippen LogP contribution in [0.2, 0.25) is 0 Å². The summed E-state index contributed by atoms with van der Waals surface area (Å²) < 4.78 is 15.7. The van der Waals surface area contributed by atoms with Gasteiger partial charge in [0, 0.05) is 5.56 Å². The number of carbonyl (C=O) groups excluding carboxylic acids is 1. The second kappa shape index (κ2) is 5.43. The van der Waals surface area contributed by atoms with Crippen molar-refractivity contribution < 1.29 is 18.7 Å². The van der Waals surface area contributed by atoms with E-state index in [1.807, 2.05) is 6.07 Å². The first kappa shape index (κ1) is 12.2. The number of hydrogen-bond donors (Lipinski definition) is 1. The zero-order valence-corrected chi connectivity index (χ0v) is 10.4. The fraction of sp³-hybridized carbons (Fsp3) is 0.154. The van der Waals surface area contributed by atoms with Crippen LogP contribution in [0, 0.1) is 0 Å². The van der Waals surface area contributed by atoms with E-state index in [-0.39, 0.29) is 17.8 Å². The third-order valence-corrected chi connectivity index (χ3v) is 2.54. The summed E-state index contributed by atoms with van der Waals surface area (Å²) in [6, 6.07) is 8.75. The molecule has 0 fully saturated rings. The lowest BCUT2D eigenvalue weighted by Gasteiger charge is -2.11. The maximum atomic E-state index is 11.9. The molecule has 1 aromatic heterocycles. The Balaban J connectivity index is 1.71. The molecule has 1 aliphatic heterocycles.